The van der Waals surface area contributed by atoms with Crippen LogP contribution in [0.1, 0.15) is 17.4 Å². The fourth-order valence-corrected chi connectivity index (χ4v) is 4.04. The molecule has 3 aromatic rings. The van der Waals surface area contributed by atoms with Crippen LogP contribution >= 0.6 is 0 Å². The summed E-state index contributed by atoms with van der Waals surface area (Å²) in [5, 5.41) is 0.808. The van der Waals surface area contributed by atoms with Gasteiger partial charge in [0.05, 0.1) is 10.4 Å². The summed E-state index contributed by atoms with van der Waals surface area (Å²) in [7, 11) is -0.507. The Hall–Kier alpha value is -2.15. The molecule has 5 nitrogen and oxygen atoms in total. The summed E-state index contributed by atoms with van der Waals surface area (Å²) >= 11 is 0. The Morgan fingerprint density at radius 2 is 1.62 bits per heavy atom. The van der Waals surface area contributed by atoms with Gasteiger partial charge >= 0.3 is 0 Å². The van der Waals surface area contributed by atoms with Crippen molar-refractivity contribution in [2.45, 2.75) is 18.1 Å². The Bertz CT molecular complexity index is 954. The molecule has 0 amide bonds. The lowest BCUT2D eigenvalue weighted by Gasteiger charge is -2.14. The Kier molecular flexibility index (Phi) is 4.45. The van der Waals surface area contributed by atoms with Gasteiger partial charge < -0.3 is 9.47 Å². The first kappa shape index (κ1) is 16.7. The van der Waals surface area contributed by atoms with E-state index in [-0.39, 0.29) is 4.90 Å². The van der Waals surface area contributed by atoms with Gasteiger partial charge in [-0.05, 0) is 37.3 Å². The van der Waals surface area contributed by atoms with E-state index in [0.717, 1.165) is 16.5 Å². The Balaban J connectivity index is 2.09. The van der Waals surface area contributed by atoms with Crippen molar-refractivity contribution in [1.82, 2.24) is 3.97 Å². The SMILES string of the molecule is COC(OC)c1ccc2c(ccn2S(=O)(=O)c2ccc(C)cc2)c1. The third-order valence-electron chi connectivity index (χ3n) is 3.96. The number of aryl methyl sites for hydroxylation is 1. The van der Waals surface area contributed by atoms with Crippen molar-refractivity contribution in [2.75, 3.05) is 14.2 Å². The molecule has 0 saturated heterocycles. The van der Waals surface area contributed by atoms with Crippen LogP contribution in [0.15, 0.2) is 59.6 Å². The van der Waals surface area contributed by atoms with Crippen LogP contribution in [0.4, 0.5) is 0 Å². The summed E-state index contributed by atoms with van der Waals surface area (Å²) in [5.74, 6) is 0. The number of ether oxygens (including phenoxy) is 2. The van der Waals surface area contributed by atoms with Crippen LogP contribution in [0.5, 0.6) is 0 Å². The number of hydrogen-bond acceptors (Lipinski definition) is 4. The molecule has 0 atom stereocenters. The molecule has 1 heterocycles. The second kappa shape index (κ2) is 6.39. The first-order valence-corrected chi connectivity index (χ1v) is 8.90. The predicted octanol–water partition coefficient (Wildman–Crippen LogP) is 3.48. The second-order valence-corrected chi connectivity index (χ2v) is 7.37. The Morgan fingerprint density at radius 3 is 2.25 bits per heavy atom. The lowest BCUT2D eigenvalue weighted by molar-refractivity contribution is -0.105. The number of nitrogens with zero attached hydrogens (tertiary/aromatic N) is 1. The van der Waals surface area contributed by atoms with Gasteiger partial charge in [-0.2, -0.15) is 0 Å². The average molecular weight is 345 g/mol. The molecule has 0 fully saturated rings. The molecule has 0 N–H and O–H groups in total. The zero-order chi connectivity index (χ0) is 17.3. The van der Waals surface area contributed by atoms with Crippen molar-refractivity contribution in [3.63, 3.8) is 0 Å². The van der Waals surface area contributed by atoms with E-state index in [1.165, 1.54) is 3.97 Å². The number of rotatable bonds is 5. The zero-order valence-electron chi connectivity index (χ0n) is 13.8. The molecular formula is C18H19NO4S. The maximum absolute atomic E-state index is 12.9. The normalized spacial score (nSPS) is 12.2. The van der Waals surface area contributed by atoms with E-state index in [9.17, 15) is 8.42 Å². The highest BCUT2D eigenvalue weighted by atomic mass is 32.2. The van der Waals surface area contributed by atoms with Gasteiger partial charge in [-0.15, -0.1) is 0 Å². The topological polar surface area (TPSA) is 57.5 Å². The van der Waals surface area contributed by atoms with Gasteiger partial charge in [0.25, 0.3) is 10.0 Å². The molecule has 126 valence electrons. The van der Waals surface area contributed by atoms with Gasteiger partial charge in [0, 0.05) is 31.4 Å². The molecule has 0 unspecified atom stereocenters. The van der Waals surface area contributed by atoms with E-state index in [1.54, 1.807) is 62.9 Å². The molecule has 3 rings (SSSR count). The lowest BCUT2D eigenvalue weighted by atomic mass is 10.1. The molecule has 24 heavy (non-hydrogen) atoms. The van der Waals surface area contributed by atoms with Crippen molar-refractivity contribution in [1.29, 1.82) is 0 Å². The van der Waals surface area contributed by atoms with Crippen LogP contribution < -0.4 is 0 Å². The number of aromatic nitrogens is 1. The van der Waals surface area contributed by atoms with Crippen LogP contribution in [0.25, 0.3) is 10.9 Å². The van der Waals surface area contributed by atoms with Crippen LogP contribution in [0.3, 0.4) is 0 Å². The van der Waals surface area contributed by atoms with Gasteiger partial charge in [0.1, 0.15) is 0 Å². The molecule has 0 bridgehead atoms. The highest BCUT2D eigenvalue weighted by Gasteiger charge is 2.19. The van der Waals surface area contributed by atoms with Gasteiger partial charge in [0.2, 0.25) is 0 Å². The average Bonchev–Trinajstić information content (AvgIpc) is 3.00. The minimum atomic E-state index is -3.63. The van der Waals surface area contributed by atoms with Crippen LogP contribution in [-0.2, 0) is 19.5 Å². The van der Waals surface area contributed by atoms with E-state index < -0.39 is 16.3 Å². The van der Waals surface area contributed by atoms with E-state index in [1.807, 2.05) is 13.0 Å². The molecule has 0 spiro atoms. The third-order valence-corrected chi connectivity index (χ3v) is 5.66. The van der Waals surface area contributed by atoms with Gasteiger partial charge in [-0.1, -0.05) is 23.8 Å². The maximum atomic E-state index is 12.9. The van der Waals surface area contributed by atoms with Gasteiger partial charge in [-0.3, -0.25) is 0 Å². The fraction of sp³-hybridized carbons (Fsp3) is 0.222. The monoisotopic (exact) mass is 345 g/mol. The van der Waals surface area contributed by atoms with E-state index in [4.69, 9.17) is 9.47 Å². The summed E-state index contributed by atoms with van der Waals surface area (Å²) in [4.78, 5) is 0.265. The lowest BCUT2D eigenvalue weighted by Crippen LogP contribution is -2.11. The minimum Gasteiger partial charge on any atom is -0.352 e. The minimum absolute atomic E-state index is 0.265. The largest absolute Gasteiger partial charge is 0.352 e. The highest BCUT2D eigenvalue weighted by Crippen LogP contribution is 2.26. The van der Waals surface area contributed by atoms with E-state index in [2.05, 4.69) is 0 Å². The molecule has 6 heteroatoms. The van der Waals surface area contributed by atoms with Crippen molar-refractivity contribution in [2.24, 2.45) is 0 Å². The second-order valence-electron chi connectivity index (χ2n) is 5.55. The van der Waals surface area contributed by atoms with Crippen LogP contribution in [-0.4, -0.2) is 26.6 Å². The molecule has 0 aliphatic heterocycles. The summed E-state index contributed by atoms with van der Waals surface area (Å²) in [5.41, 5.74) is 2.46. The summed E-state index contributed by atoms with van der Waals surface area (Å²) in [6.45, 7) is 1.92. The Labute approximate surface area is 141 Å². The van der Waals surface area contributed by atoms with Gasteiger partial charge in [0.15, 0.2) is 6.29 Å². The molecule has 2 aromatic carbocycles. The third kappa shape index (κ3) is 2.84. The first-order valence-electron chi connectivity index (χ1n) is 7.46. The summed E-state index contributed by atoms with van der Waals surface area (Å²) in [6.07, 6.45) is 1.09. The summed E-state index contributed by atoms with van der Waals surface area (Å²) < 4.78 is 37.5. The molecular weight excluding hydrogens is 326 g/mol. The van der Waals surface area contributed by atoms with E-state index in [0.29, 0.717) is 5.52 Å². The quantitative estimate of drug-likeness (QED) is 0.664. The summed E-state index contributed by atoms with van der Waals surface area (Å²) in [6, 6.07) is 14.0. The van der Waals surface area contributed by atoms with Crippen molar-refractivity contribution in [3.8, 4) is 0 Å². The van der Waals surface area contributed by atoms with E-state index >= 15 is 0 Å². The number of methoxy groups -OCH3 is 2. The molecule has 0 radical (unpaired) electrons. The molecule has 0 aliphatic carbocycles. The highest BCUT2D eigenvalue weighted by molar-refractivity contribution is 7.90. The van der Waals surface area contributed by atoms with Crippen molar-refractivity contribution >= 4 is 20.9 Å². The molecule has 1 aromatic heterocycles. The van der Waals surface area contributed by atoms with Crippen LogP contribution in [0.2, 0.25) is 0 Å². The van der Waals surface area contributed by atoms with Crippen LogP contribution in [0, 0.1) is 6.92 Å². The maximum Gasteiger partial charge on any atom is 0.268 e. The number of benzene rings is 2. The zero-order valence-corrected chi connectivity index (χ0v) is 14.6. The predicted molar refractivity (Wildman–Crippen MR) is 92.5 cm³/mol. The number of fused-ring (bicyclic) bond motifs is 1. The number of hydrogen-bond donors (Lipinski definition) is 0. The van der Waals surface area contributed by atoms with Gasteiger partial charge in [-0.25, -0.2) is 12.4 Å². The Morgan fingerprint density at radius 1 is 0.958 bits per heavy atom. The van der Waals surface area contributed by atoms with Crippen molar-refractivity contribution in [3.05, 3.63) is 65.9 Å². The van der Waals surface area contributed by atoms with Crippen molar-refractivity contribution < 1.29 is 17.9 Å². The fourth-order valence-electron chi connectivity index (χ4n) is 2.68. The smallest absolute Gasteiger partial charge is 0.268 e. The first-order chi connectivity index (χ1) is 11.5. The standard InChI is InChI=1S/C18H19NO4S/c1-13-4-7-16(8-5-13)24(20,21)19-11-10-14-12-15(6-9-17(14)19)18(22-2)23-3/h4-12,18H,1-3H3. The molecule has 0 saturated carbocycles. The molecule has 0 aliphatic rings.